The van der Waals surface area contributed by atoms with E-state index in [4.69, 9.17) is 16.3 Å². The predicted octanol–water partition coefficient (Wildman–Crippen LogP) is 4.33. The minimum Gasteiger partial charge on any atom is -0.487 e. The van der Waals surface area contributed by atoms with Gasteiger partial charge in [-0.1, -0.05) is 48.0 Å². The summed E-state index contributed by atoms with van der Waals surface area (Å²) in [5, 5.41) is 11.3. The summed E-state index contributed by atoms with van der Waals surface area (Å²) in [7, 11) is 0. The van der Waals surface area contributed by atoms with E-state index >= 15 is 0 Å². The number of hydrogen-bond acceptors (Lipinski definition) is 2. The van der Waals surface area contributed by atoms with Gasteiger partial charge in [0, 0.05) is 23.4 Å². The van der Waals surface area contributed by atoms with E-state index in [1.807, 2.05) is 36.4 Å². The number of aliphatic hydroxyl groups is 1. The van der Waals surface area contributed by atoms with E-state index in [1.54, 1.807) is 0 Å². The van der Waals surface area contributed by atoms with E-state index < -0.39 is 6.10 Å². The van der Waals surface area contributed by atoms with Gasteiger partial charge in [0.25, 0.3) is 0 Å². The van der Waals surface area contributed by atoms with Gasteiger partial charge < -0.3 is 9.84 Å². The van der Waals surface area contributed by atoms with Crippen LogP contribution in [-0.4, -0.2) is 10.7 Å². The monoisotopic (exact) mass is 302 g/mol. The van der Waals surface area contributed by atoms with Crippen LogP contribution in [0.5, 0.6) is 5.75 Å². The van der Waals surface area contributed by atoms with Crippen LogP contribution < -0.4 is 4.74 Å². The smallest absolute Gasteiger partial charge is 0.129 e. The molecule has 3 heteroatoms. The molecule has 1 heterocycles. The van der Waals surface area contributed by atoms with E-state index in [1.165, 1.54) is 0 Å². The maximum Gasteiger partial charge on any atom is 0.129 e. The van der Waals surface area contributed by atoms with Crippen LogP contribution in [0.4, 0.5) is 0 Å². The number of para-hydroxylation sites is 1. The van der Waals surface area contributed by atoms with Crippen LogP contribution in [0.3, 0.4) is 0 Å². The molecule has 0 spiro atoms. The van der Waals surface area contributed by atoms with Crippen molar-refractivity contribution < 1.29 is 9.84 Å². The third kappa shape index (κ3) is 2.92. The number of benzene rings is 2. The minimum atomic E-state index is -0.617. The average molecular weight is 303 g/mol. The molecule has 0 aromatic heterocycles. The Morgan fingerprint density at radius 3 is 2.71 bits per heavy atom. The number of aliphatic hydroxyl groups excluding tert-OH is 1. The number of ether oxygens (including phenoxy) is 1. The van der Waals surface area contributed by atoms with E-state index in [-0.39, 0.29) is 5.60 Å². The fourth-order valence-corrected chi connectivity index (χ4v) is 3.10. The molecule has 1 N–H and O–H groups in total. The summed E-state index contributed by atoms with van der Waals surface area (Å²) in [5.41, 5.74) is 2.75. The lowest BCUT2D eigenvalue weighted by Crippen LogP contribution is -2.25. The van der Waals surface area contributed by atoms with Gasteiger partial charge in [-0.05, 0) is 31.0 Å². The number of rotatable bonds is 3. The molecule has 1 aliphatic rings. The van der Waals surface area contributed by atoms with Crippen LogP contribution in [-0.2, 0) is 12.8 Å². The molecule has 1 unspecified atom stereocenters. The topological polar surface area (TPSA) is 29.5 Å². The number of hydrogen-bond donors (Lipinski definition) is 1. The molecule has 0 amide bonds. The lowest BCUT2D eigenvalue weighted by atomic mass is 9.96. The Hall–Kier alpha value is -1.51. The van der Waals surface area contributed by atoms with Crippen molar-refractivity contribution in [2.24, 2.45) is 0 Å². The molecule has 0 bridgehead atoms. The second-order valence-electron chi connectivity index (χ2n) is 6.19. The molecule has 0 saturated carbocycles. The zero-order valence-corrected chi connectivity index (χ0v) is 13.0. The lowest BCUT2D eigenvalue weighted by Gasteiger charge is -2.20. The molecule has 1 atom stereocenters. The maximum atomic E-state index is 10.6. The first-order valence-corrected chi connectivity index (χ1v) is 7.56. The fourth-order valence-electron chi connectivity index (χ4n) is 2.88. The van der Waals surface area contributed by atoms with E-state index in [0.29, 0.717) is 11.4 Å². The molecule has 1 aliphatic heterocycles. The van der Waals surface area contributed by atoms with Crippen molar-refractivity contribution in [1.82, 2.24) is 0 Å². The zero-order valence-electron chi connectivity index (χ0n) is 12.3. The van der Waals surface area contributed by atoms with Crippen LogP contribution in [0.1, 0.15) is 36.6 Å². The Kier molecular flexibility index (Phi) is 3.68. The van der Waals surface area contributed by atoms with Crippen molar-refractivity contribution >= 4 is 11.6 Å². The van der Waals surface area contributed by atoms with Gasteiger partial charge in [0.05, 0.1) is 6.10 Å². The molecule has 21 heavy (non-hydrogen) atoms. The first-order valence-electron chi connectivity index (χ1n) is 7.18. The highest BCUT2D eigenvalue weighted by molar-refractivity contribution is 6.31. The Morgan fingerprint density at radius 1 is 1.19 bits per heavy atom. The highest BCUT2D eigenvalue weighted by atomic mass is 35.5. The second kappa shape index (κ2) is 5.36. The Balaban J connectivity index is 1.89. The average Bonchev–Trinajstić information content (AvgIpc) is 2.74. The van der Waals surface area contributed by atoms with Crippen molar-refractivity contribution in [3.63, 3.8) is 0 Å². The summed E-state index contributed by atoms with van der Waals surface area (Å²) in [6.07, 6.45) is 0.739. The van der Waals surface area contributed by atoms with Gasteiger partial charge in [0.2, 0.25) is 0 Å². The second-order valence-corrected chi connectivity index (χ2v) is 6.59. The summed E-state index contributed by atoms with van der Waals surface area (Å²) < 4.78 is 6.02. The van der Waals surface area contributed by atoms with E-state index in [0.717, 1.165) is 28.9 Å². The molecule has 0 aliphatic carbocycles. The quantitative estimate of drug-likeness (QED) is 0.914. The molecular weight excluding hydrogens is 284 g/mol. The zero-order chi connectivity index (χ0) is 15.0. The van der Waals surface area contributed by atoms with Crippen LogP contribution >= 0.6 is 11.6 Å². The van der Waals surface area contributed by atoms with Crippen LogP contribution in [0.2, 0.25) is 5.02 Å². The van der Waals surface area contributed by atoms with Gasteiger partial charge in [-0.2, -0.15) is 0 Å². The Labute approximate surface area is 130 Å². The number of halogens is 1. The van der Waals surface area contributed by atoms with Gasteiger partial charge in [-0.15, -0.1) is 0 Å². The minimum absolute atomic E-state index is 0.206. The standard InChI is InChI=1S/C18H19ClO2/c1-18(2)11-13-7-5-8-14(17(13)21-18)16(20)10-12-6-3-4-9-15(12)19/h3-9,16,20H,10-11H2,1-2H3. The largest absolute Gasteiger partial charge is 0.487 e. The third-order valence-corrected chi connectivity index (χ3v) is 4.22. The molecular formula is C18H19ClO2. The molecule has 2 aromatic rings. The predicted molar refractivity (Wildman–Crippen MR) is 85.0 cm³/mol. The van der Waals surface area contributed by atoms with Gasteiger partial charge >= 0.3 is 0 Å². The summed E-state index contributed by atoms with van der Waals surface area (Å²) in [5.74, 6) is 0.835. The normalized spacial score (nSPS) is 17.1. The van der Waals surface area contributed by atoms with E-state index in [9.17, 15) is 5.11 Å². The summed E-state index contributed by atoms with van der Waals surface area (Å²) in [6, 6.07) is 13.6. The maximum absolute atomic E-state index is 10.6. The van der Waals surface area contributed by atoms with Crippen molar-refractivity contribution in [1.29, 1.82) is 0 Å². The Morgan fingerprint density at radius 2 is 1.95 bits per heavy atom. The molecule has 2 nitrogen and oxygen atoms in total. The Bertz CT molecular complexity index is 664. The molecule has 2 aromatic carbocycles. The van der Waals surface area contributed by atoms with Crippen LogP contribution in [0.15, 0.2) is 42.5 Å². The van der Waals surface area contributed by atoms with Gasteiger partial charge in [-0.25, -0.2) is 0 Å². The molecule has 3 rings (SSSR count). The highest BCUT2D eigenvalue weighted by Crippen LogP contribution is 2.40. The lowest BCUT2D eigenvalue weighted by molar-refractivity contribution is 0.126. The summed E-state index contributed by atoms with van der Waals surface area (Å²) in [6.45, 7) is 4.13. The first-order chi connectivity index (χ1) is 9.96. The van der Waals surface area contributed by atoms with Crippen molar-refractivity contribution in [3.05, 3.63) is 64.2 Å². The van der Waals surface area contributed by atoms with Crippen LogP contribution in [0, 0.1) is 0 Å². The third-order valence-electron chi connectivity index (χ3n) is 3.85. The summed E-state index contributed by atoms with van der Waals surface area (Å²) in [4.78, 5) is 0. The molecule has 0 radical (unpaired) electrons. The van der Waals surface area contributed by atoms with Crippen molar-refractivity contribution in [2.45, 2.75) is 38.4 Å². The highest BCUT2D eigenvalue weighted by Gasteiger charge is 2.32. The summed E-state index contributed by atoms with van der Waals surface area (Å²) >= 11 is 6.18. The number of fused-ring (bicyclic) bond motifs is 1. The van der Waals surface area contributed by atoms with E-state index in [2.05, 4.69) is 19.9 Å². The fraction of sp³-hybridized carbons (Fsp3) is 0.333. The molecule has 0 saturated heterocycles. The first kappa shape index (κ1) is 14.4. The van der Waals surface area contributed by atoms with Gasteiger partial charge in [-0.3, -0.25) is 0 Å². The molecule has 110 valence electrons. The molecule has 0 fully saturated rings. The van der Waals surface area contributed by atoms with Crippen LogP contribution in [0.25, 0.3) is 0 Å². The van der Waals surface area contributed by atoms with Crippen molar-refractivity contribution in [3.8, 4) is 5.75 Å². The SMILES string of the molecule is CC1(C)Cc2cccc(C(O)Cc3ccccc3Cl)c2O1. The van der Waals surface area contributed by atoms with Gasteiger partial charge in [0.15, 0.2) is 0 Å². The van der Waals surface area contributed by atoms with Crippen molar-refractivity contribution in [2.75, 3.05) is 0 Å². The van der Waals surface area contributed by atoms with Gasteiger partial charge in [0.1, 0.15) is 11.4 Å².